The average Bonchev–Trinajstić information content (AvgIpc) is 3.80. The number of morpholine rings is 1. The van der Waals surface area contributed by atoms with Crippen LogP contribution in [0.3, 0.4) is 0 Å². The van der Waals surface area contributed by atoms with Gasteiger partial charge in [-0.25, -0.2) is 19.3 Å². The number of esters is 2. The normalized spacial score (nSPS) is 22.5. The number of amides is 6. The number of cyclic esters (lactones) is 1. The maximum Gasteiger partial charge on any atom is 0.329 e. The number of imide groups is 1. The van der Waals surface area contributed by atoms with Crippen molar-refractivity contribution in [1.82, 2.24) is 20.9 Å². The van der Waals surface area contributed by atoms with Crippen molar-refractivity contribution in [3.63, 3.8) is 0 Å². The van der Waals surface area contributed by atoms with Crippen molar-refractivity contribution in [3.8, 4) is 17.6 Å². The third-order valence-electron chi connectivity index (χ3n) is 12.8. The lowest BCUT2D eigenvalue weighted by molar-refractivity contribution is -0.178. The number of primary amides is 1. The molecule has 0 aromatic heterocycles. The number of urea groups is 2. The van der Waals surface area contributed by atoms with Crippen molar-refractivity contribution in [2.45, 2.75) is 55.6 Å². The lowest BCUT2D eigenvalue weighted by Crippen LogP contribution is -2.58. The minimum absolute atomic E-state index is 0.0238. The van der Waals surface area contributed by atoms with E-state index in [-0.39, 0.29) is 30.1 Å². The van der Waals surface area contributed by atoms with E-state index in [2.05, 4.69) is 27.8 Å². The van der Waals surface area contributed by atoms with Gasteiger partial charge in [0.2, 0.25) is 11.8 Å². The smallest absolute Gasteiger partial charge is 0.329 e. The van der Waals surface area contributed by atoms with Crippen molar-refractivity contribution in [3.05, 3.63) is 167 Å². The molecule has 5 aromatic rings. The molecule has 2 fully saturated rings. The second-order valence-electron chi connectivity index (χ2n) is 17.1. The summed E-state index contributed by atoms with van der Waals surface area (Å²) < 4.78 is 11.5. The van der Waals surface area contributed by atoms with Gasteiger partial charge < -0.3 is 41.4 Å². The number of aliphatic hydroxyl groups excluding tert-OH is 1. The van der Waals surface area contributed by atoms with Crippen LogP contribution in [0.4, 0.5) is 15.3 Å². The number of rotatable bonds is 11. The number of nitrogens with zero attached hydrogens (tertiary/aromatic N) is 2. The number of ether oxygens (including phenoxy) is 2. The fourth-order valence-corrected chi connectivity index (χ4v) is 9.84. The van der Waals surface area contributed by atoms with Crippen LogP contribution in [0.5, 0.6) is 5.75 Å². The first-order valence-corrected chi connectivity index (χ1v) is 22.0. The Bertz CT molecular complexity index is 2780. The Balaban J connectivity index is 1.42. The maximum atomic E-state index is 16.4. The van der Waals surface area contributed by atoms with Crippen LogP contribution >= 0.6 is 0 Å². The molecule has 8 rings (SSSR count). The van der Waals surface area contributed by atoms with Crippen LogP contribution in [-0.2, 0) is 34.1 Å². The first kappa shape index (κ1) is 46.5. The summed E-state index contributed by atoms with van der Waals surface area (Å²) in [6, 6.07) is 30.8. The van der Waals surface area contributed by atoms with Gasteiger partial charge >= 0.3 is 24.0 Å². The molecule has 3 aliphatic heterocycles. The number of carbonyl (C=O) groups excluding carboxylic acids is 6. The summed E-state index contributed by atoms with van der Waals surface area (Å²) in [4.78, 5) is 89.6. The molecule has 16 heteroatoms. The van der Waals surface area contributed by atoms with Crippen LogP contribution in [0.2, 0.25) is 0 Å². The van der Waals surface area contributed by atoms with Crippen LogP contribution in [-0.4, -0.2) is 83.2 Å². The van der Waals surface area contributed by atoms with E-state index in [0.29, 0.717) is 27.8 Å². The molecule has 0 bridgehead atoms. The number of anilines is 1. The molecule has 0 radical (unpaired) electrons. The second kappa shape index (κ2) is 19.5. The fraction of sp³-hybridized carbons (Fsp3) is 0.269. The number of aliphatic hydroxyl groups is 1. The summed E-state index contributed by atoms with van der Waals surface area (Å²) in [6.45, 7) is 2.91. The van der Waals surface area contributed by atoms with Crippen LogP contribution in [0.25, 0.3) is 0 Å². The molecule has 68 heavy (non-hydrogen) atoms. The number of benzene rings is 5. The largest absolute Gasteiger partial charge is 0.508 e. The molecule has 0 saturated carbocycles. The molecule has 2 saturated heterocycles. The number of hydrogen-bond acceptors (Lipinski definition) is 11. The number of nitrogens with one attached hydrogen (secondary N) is 3. The first-order chi connectivity index (χ1) is 32.8. The molecule has 3 aliphatic rings. The topological polar surface area (TPSA) is 230 Å². The molecule has 1 spiro atoms. The van der Waals surface area contributed by atoms with E-state index in [1.165, 1.54) is 25.3 Å². The van der Waals surface area contributed by atoms with Gasteiger partial charge in [0.1, 0.15) is 29.4 Å². The Morgan fingerprint density at radius 3 is 2.07 bits per heavy atom. The molecule has 6 amide bonds. The molecule has 3 heterocycles. The molecule has 0 unspecified atom stereocenters. The van der Waals surface area contributed by atoms with Gasteiger partial charge in [-0.15, -0.1) is 0 Å². The Labute approximate surface area is 392 Å². The van der Waals surface area contributed by atoms with Gasteiger partial charge in [-0.3, -0.25) is 19.3 Å². The molecular weight excluding hydrogens is 869 g/mol. The molecular formula is C52H50N6O10. The van der Waals surface area contributed by atoms with Gasteiger partial charge in [-0.1, -0.05) is 129 Å². The summed E-state index contributed by atoms with van der Waals surface area (Å²) in [6.07, 6.45) is -2.21. The van der Waals surface area contributed by atoms with E-state index in [9.17, 15) is 24.6 Å². The molecule has 5 aromatic carbocycles. The number of phenols is 1. The van der Waals surface area contributed by atoms with E-state index >= 15 is 14.4 Å². The molecule has 8 atom stereocenters. The van der Waals surface area contributed by atoms with E-state index in [4.69, 9.17) is 15.2 Å². The Kier molecular flexibility index (Phi) is 13.3. The molecule has 16 nitrogen and oxygen atoms in total. The van der Waals surface area contributed by atoms with E-state index in [1.807, 2.05) is 65.6 Å². The zero-order valence-corrected chi connectivity index (χ0v) is 37.4. The quantitative estimate of drug-likeness (QED) is 0.0776. The van der Waals surface area contributed by atoms with Gasteiger partial charge in [-0.2, -0.15) is 0 Å². The molecule has 0 aliphatic carbocycles. The van der Waals surface area contributed by atoms with Gasteiger partial charge in [0, 0.05) is 12.1 Å². The minimum atomic E-state index is -2.21. The van der Waals surface area contributed by atoms with Crippen molar-refractivity contribution in [1.29, 1.82) is 0 Å². The molecule has 7 N–H and O–H groups in total. The van der Waals surface area contributed by atoms with Gasteiger partial charge in [-0.05, 0) is 64.1 Å². The minimum Gasteiger partial charge on any atom is -0.508 e. The third-order valence-corrected chi connectivity index (χ3v) is 12.8. The lowest BCUT2D eigenvalue weighted by Gasteiger charge is -2.46. The Morgan fingerprint density at radius 1 is 0.824 bits per heavy atom. The van der Waals surface area contributed by atoms with Crippen LogP contribution in [0.15, 0.2) is 133 Å². The standard InChI is InChI=1S/C52H50N6O10/c1-30(2)41(47(62)67-3)56-51(66)57-38-26-21-31(14-13-27-54-50(53)65)28-37(38)52(49(57)64)40(46(61)55-29-39(60)32-15-7-4-8-16-32)43-48(63)68-44(34-19-11-6-12-20-34)42(33-17-9-5-10-18-33)58(43)45(52)35-22-24-36(59)25-23-35/h4-12,15-26,28,30,39-45,59-60H,27,29H2,1-3H3,(H,55,61)(H,56,66)(H3,53,54,65)/t39-,40-,41-,42-,43-,44+,45+,52-/m0/s1. The van der Waals surface area contributed by atoms with Gasteiger partial charge in [0.05, 0.1) is 43.4 Å². The maximum absolute atomic E-state index is 16.4. The van der Waals surface area contributed by atoms with Crippen LogP contribution in [0.1, 0.15) is 71.5 Å². The summed E-state index contributed by atoms with van der Waals surface area (Å²) in [5, 5.41) is 30.1. The number of phenolic OH excluding ortho intramolecular Hbond substituents is 1. The Morgan fingerprint density at radius 2 is 1.46 bits per heavy atom. The SMILES string of the molecule is COC(=O)[C@@H](NC(=O)N1C(=O)[C@@]2(c3cc(C#CCNC(N)=O)ccc31)[C@H](C(=O)NC[C@H](O)c1ccccc1)[C@H]1C(=O)O[C@H](c3ccccc3)[C@H](c3ccccc3)N1[C@@H]2c1ccc(O)cc1)C(C)C. The highest BCUT2D eigenvalue weighted by Crippen LogP contribution is 2.66. The van der Waals surface area contributed by atoms with E-state index in [0.717, 1.165) is 4.90 Å². The first-order valence-electron chi connectivity index (χ1n) is 22.0. The number of carbonyl (C=O) groups is 6. The van der Waals surface area contributed by atoms with Crippen molar-refractivity contribution < 1.29 is 48.5 Å². The van der Waals surface area contributed by atoms with E-state index in [1.54, 1.807) is 68.4 Å². The number of fused-ring (bicyclic) bond motifs is 3. The highest BCUT2D eigenvalue weighted by molar-refractivity contribution is 6.25. The number of methoxy groups -OCH3 is 1. The summed E-state index contributed by atoms with van der Waals surface area (Å²) in [5.41, 5.74) is 5.69. The predicted molar refractivity (Wildman–Crippen MR) is 248 cm³/mol. The third kappa shape index (κ3) is 8.49. The number of hydrogen-bond donors (Lipinski definition) is 6. The average molecular weight is 919 g/mol. The van der Waals surface area contributed by atoms with Crippen LogP contribution < -0.4 is 26.6 Å². The van der Waals surface area contributed by atoms with Crippen molar-refractivity contribution in [2.75, 3.05) is 25.1 Å². The zero-order chi connectivity index (χ0) is 48.3. The van der Waals surface area contributed by atoms with Crippen molar-refractivity contribution >= 4 is 41.5 Å². The summed E-state index contributed by atoms with van der Waals surface area (Å²) in [5.74, 6) is 0.153. The van der Waals surface area contributed by atoms with E-state index < -0.39 is 89.4 Å². The van der Waals surface area contributed by atoms with Crippen LogP contribution in [0, 0.1) is 23.7 Å². The highest BCUT2D eigenvalue weighted by Gasteiger charge is 2.75. The second-order valence-corrected chi connectivity index (χ2v) is 17.1. The Hall–Kier alpha value is -8.00. The molecule has 348 valence electrons. The fourth-order valence-electron chi connectivity index (χ4n) is 9.84. The van der Waals surface area contributed by atoms with Gasteiger partial charge in [0.25, 0.3) is 0 Å². The lowest BCUT2D eigenvalue weighted by atomic mass is 9.65. The summed E-state index contributed by atoms with van der Waals surface area (Å²) >= 11 is 0. The number of nitrogens with two attached hydrogens (primary N) is 1. The van der Waals surface area contributed by atoms with Crippen molar-refractivity contribution in [2.24, 2.45) is 17.6 Å². The summed E-state index contributed by atoms with van der Waals surface area (Å²) in [7, 11) is 1.18. The monoisotopic (exact) mass is 918 g/mol. The van der Waals surface area contributed by atoms with Gasteiger partial charge in [0.15, 0.2) is 0 Å². The predicted octanol–water partition coefficient (Wildman–Crippen LogP) is 4.83. The zero-order valence-electron chi connectivity index (χ0n) is 37.4. The number of aromatic hydroxyl groups is 1. The highest BCUT2D eigenvalue weighted by atomic mass is 16.6.